The second-order valence-electron chi connectivity index (χ2n) is 6.87. The van der Waals surface area contributed by atoms with E-state index in [0.29, 0.717) is 0 Å². The molecule has 1 fully saturated rings. The molecule has 0 bridgehead atoms. The number of nitrogens with one attached hydrogen (secondary N) is 1. The number of piperidine rings is 1. The van der Waals surface area contributed by atoms with Gasteiger partial charge in [0.1, 0.15) is 6.04 Å². The Hall–Kier alpha value is -1.81. The SMILES string of the molecule is C[C@@H](C(=O)NC1CCN(C)CC1)N(c1cccc(C(F)(F)F)c1)S(C)(=O)=O. The van der Waals surface area contributed by atoms with Gasteiger partial charge < -0.3 is 10.2 Å². The van der Waals surface area contributed by atoms with Crippen molar-refractivity contribution < 1.29 is 26.4 Å². The van der Waals surface area contributed by atoms with Crippen LogP contribution in [0.25, 0.3) is 0 Å². The topological polar surface area (TPSA) is 69.7 Å². The van der Waals surface area contributed by atoms with Gasteiger partial charge in [-0.2, -0.15) is 13.2 Å². The molecule has 1 aliphatic heterocycles. The maximum absolute atomic E-state index is 13.0. The number of hydrogen-bond donors (Lipinski definition) is 1. The highest BCUT2D eigenvalue weighted by atomic mass is 32.2. The Morgan fingerprint density at radius 2 is 1.89 bits per heavy atom. The third kappa shape index (κ3) is 5.58. The van der Waals surface area contributed by atoms with Crippen molar-refractivity contribution in [1.82, 2.24) is 10.2 Å². The zero-order chi connectivity index (χ0) is 20.4. The molecule has 1 aliphatic rings. The fraction of sp³-hybridized carbons (Fsp3) is 0.588. The fourth-order valence-electron chi connectivity index (χ4n) is 3.10. The summed E-state index contributed by atoms with van der Waals surface area (Å²) in [6, 6.07) is 2.70. The first-order chi connectivity index (χ1) is 12.4. The molecule has 2 rings (SSSR count). The van der Waals surface area contributed by atoms with Crippen LogP contribution in [0.3, 0.4) is 0 Å². The van der Waals surface area contributed by atoms with Crippen molar-refractivity contribution in [3.05, 3.63) is 29.8 Å². The molecule has 1 aromatic carbocycles. The number of nitrogens with zero attached hydrogens (tertiary/aromatic N) is 2. The summed E-state index contributed by atoms with van der Waals surface area (Å²) in [5, 5.41) is 2.81. The summed E-state index contributed by atoms with van der Waals surface area (Å²) < 4.78 is 64.1. The van der Waals surface area contributed by atoms with Crippen LogP contribution in [-0.4, -0.2) is 57.7 Å². The van der Waals surface area contributed by atoms with Crippen molar-refractivity contribution in [3.63, 3.8) is 0 Å². The minimum absolute atomic E-state index is 0.0842. The molecule has 1 saturated heterocycles. The summed E-state index contributed by atoms with van der Waals surface area (Å²) in [7, 11) is -2.01. The van der Waals surface area contributed by atoms with Gasteiger partial charge in [-0.15, -0.1) is 0 Å². The van der Waals surface area contributed by atoms with Crippen molar-refractivity contribution in [2.75, 3.05) is 30.7 Å². The van der Waals surface area contributed by atoms with Gasteiger partial charge in [0.2, 0.25) is 15.9 Å². The molecular formula is C17H24F3N3O3S. The van der Waals surface area contributed by atoms with Gasteiger partial charge in [-0.1, -0.05) is 6.07 Å². The largest absolute Gasteiger partial charge is 0.416 e. The number of anilines is 1. The molecule has 152 valence electrons. The van der Waals surface area contributed by atoms with Gasteiger partial charge in [-0.3, -0.25) is 9.10 Å². The van der Waals surface area contributed by atoms with Crippen LogP contribution in [0, 0.1) is 0 Å². The standard InChI is InChI=1S/C17H24F3N3O3S/c1-12(16(24)21-14-7-9-22(2)10-8-14)23(27(3,25)26)15-6-4-5-13(11-15)17(18,19)20/h4-6,11-12,14H,7-10H2,1-3H3,(H,21,24)/t12-/m0/s1. The summed E-state index contributed by atoms with van der Waals surface area (Å²) in [4.78, 5) is 14.7. The molecule has 1 N–H and O–H groups in total. The smallest absolute Gasteiger partial charge is 0.351 e. The normalized spacial score (nSPS) is 18.1. The quantitative estimate of drug-likeness (QED) is 0.811. The number of amides is 1. The van der Waals surface area contributed by atoms with Crippen LogP contribution in [0.1, 0.15) is 25.3 Å². The maximum atomic E-state index is 13.0. The summed E-state index contributed by atoms with van der Waals surface area (Å²) in [5.74, 6) is -0.535. The molecule has 0 aliphatic carbocycles. The van der Waals surface area contributed by atoms with E-state index in [1.54, 1.807) is 0 Å². The molecule has 0 spiro atoms. The molecule has 1 amide bonds. The van der Waals surface area contributed by atoms with E-state index in [2.05, 4.69) is 10.2 Å². The highest BCUT2D eigenvalue weighted by Crippen LogP contribution is 2.32. The minimum Gasteiger partial charge on any atom is -0.351 e. The molecule has 27 heavy (non-hydrogen) atoms. The molecule has 1 heterocycles. The highest BCUT2D eigenvalue weighted by Gasteiger charge is 2.34. The zero-order valence-electron chi connectivity index (χ0n) is 15.5. The highest BCUT2D eigenvalue weighted by molar-refractivity contribution is 7.92. The van der Waals surface area contributed by atoms with Gasteiger partial charge in [0, 0.05) is 6.04 Å². The Balaban J connectivity index is 2.25. The van der Waals surface area contributed by atoms with E-state index >= 15 is 0 Å². The number of carbonyl (C=O) groups is 1. The zero-order valence-corrected chi connectivity index (χ0v) is 16.3. The number of alkyl halides is 3. The van der Waals surface area contributed by atoms with Crippen LogP contribution in [0.5, 0.6) is 0 Å². The van der Waals surface area contributed by atoms with Crippen LogP contribution in [0.4, 0.5) is 18.9 Å². The van der Waals surface area contributed by atoms with Crippen molar-refractivity contribution in [2.24, 2.45) is 0 Å². The fourth-order valence-corrected chi connectivity index (χ4v) is 4.27. The number of benzene rings is 1. The van der Waals surface area contributed by atoms with E-state index < -0.39 is 33.7 Å². The van der Waals surface area contributed by atoms with Gasteiger partial charge in [-0.25, -0.2) is 8.42 Å². The van der Waals surface area contributed by atoms with E-state index in [9.17, 15) is 26.4 Å². The minimum atomic E-state index is -4.61. The lowest BCUT2D eigenvalue weighted by Crippen LogP contribution is -2.52. The van der Waals surface area contributed by atoms with Crippen LogP contribution >= 0.6 is 0 Å². The van der Waals surface area contributed by atoms with E-state index in [1.165, 1.54) is 13.0 Å². The second kappa shape index (κ2) is 8.05. The summed E-state index contributed by atoms with van der Waals surface area (Å²) in [6.45, 7) is 2.98. The second-order valence-corrected chi connectivity index (χ2v) is 8.73. The monoisotopic (exact) mass is 407 g/mol. The van der Waals surface area contributed by atoms with E-state index in [1.807, 2.05) is 7.05 Å². The number of hydrogen-bond acceptors (Lipinski definition) is 4. The third-order valence-electron chi connectivity index (χ3n) is 4.58. The Labute approximate surface area is 157 Å². The number of sulfonamides is 1. The molecule has 0 aromatic heterocycles. The van der Waals surface area contributed by atoms with Gasteiger partial charge >= 0.3 is 6.18 Å². The van der Waals surface area contributed by atoms with Crippen molar-refractivity contribution in [3.8, 4) is 0 Å². The van der Waals surface area contributed by atoms with Crippen molar-refractivity contribution in [1.29, 1.82) is 0 Å². The Morgan fingerprint density at radius 1 is 1.30 bits per heavy atom. The Morgan fingerprint density at radius 3 is 2.41 bits per heavy atom. The predicted octanol–water partition coefficient (Wildman–Crippen LogP) is 2.07. The lowest BCUT2D eigenvalue weighted by molar-refractivity contribution is -0.137. The summed E-state index contributed by atoms with van der Waals surface area (Å²) in [5.41, 5.74) is -1.17. The number of carbonyl (C=O) groups excluding carboxylic acids is 1. The lowest BCUT2D eigenvalue weighted by atomic mass is 10.1. The molecule has 0 radical (unpaired) electrons. The molecule has 6 nitrogen and oxygen atoms in total. The number of likely N-dealkylation sites (tertiary alicyclic amines) is 1. The summed E-state index contributed by atoms with van der Waals surface area (Å²) in [6.07, 6.45) is -2.28. The van der Waals surface area contributed by atoms with Crippen LogP contribution < -0.4 is 9.62 Å². The third-order valence-corrected chi connectivity index (χ3v) is 5.82. The van der Waals surface area contributed by atoms with Crippen molar-refractivity contribution >= 4 is 21.6 Å². The average molecular weight is 407 g/mol. The maximum Gasteiger partial charge on any atom is 0.416 e. The van der Waals surface area contributed by atoms with Crippen LogP contribution in [-0.2, 0) is 21.0 Å². The molecule has 0 saturated carbocycles. The van der Waals surface area contributed by atoms with Gasteiger partial charge in [-0.05, 0) is 58.1 Å². The molecule has 1 atom stereocenters. The van der Waals surface area contributed by atoms with E-state index in [-0.39, 0.29) is 11.7 Å². The average Bonchev–Trinajstić information content (AvgIpc) is 2.55. The first kappa shape index (κ1) is 21.5. The predicted molar refractivity (Wildman–Crippen MR) is 96.9 cm³/mol. The number of halogens is 3. The lowest BCUT2D eigenvalue weighted by Gasteiger charge is -2.33. The first-order valence-corrected chi connectivity index (χ1v) is 10.4. The molecule has 10 heteroatoms. The molecular weight excluding hydrogens is 383 g/mol. The van der Waals surface area contributed by atoms with Gasteiger partial charge in [0.05, 0.1) is 17.5 Å². The summed E-state index contributed by atoms with van der Waals surface area (Å²) >= 11 is 0. The van der Waals surface area contributed by atoms with Gasteiger partial charge in [0.25, 0.3) is 0 Å². The molecule has 0 unspecified atom stereocenters. The van der Waals surface area contributed by atoms with Crippen LogP contribution in [0.15, 0.2) is 24.3 Å². The van der Waals surface area contributed by atoms with Crippen molar-refractivity contribution in [2.45, 2.75) is 38.0 Å². The van der Waals surface area contributed by atoms with E-state index in [0.717, 1.165) is 54.7 Å². The molecule has 1 aromatic rings. The number of rotatable bonds is 5. The Kier molecular flexibility index (Phi) is 6.41. The first-order valence-electron chi connectivity index (χ1n) is 8.55. The van der Waals surface area contributed by atoms with Gasteiger partial charge in [0.15, 0.2) is 0 Å². The van der Waals surface area contributed by atoms with Crippen LogP contribution in [0.2, 0.25) is 0 Å². The Bertz CT molecular complexity index is 775. The van der Waals surface area contributed by atoms with E-state index in [4.69, 9.17) is 0 Å².